The molecule has 1 fully saturated rings. The van der Waals surface area contributed by atoms with Gasteiger partial charge >= 0.3 is 0 Å². The number of carbonyl (C=O) groups is 1. The molecule has 1 aliphatic carbocycles. The van der Waals surface area contributed by atoms with Crippen LogP contribution in [-0.2, 0) is 4.79 Å². The number of hydrogen-bond acceptors (Lipinski definition) is 4. The lowest BCUT2D eigenvalue weighted by molar-refractivity contribution is -0.113. The molecule has 1 aliphatic rings. The molecule has 0 saturated heterocycles. The van der Waals surface area contributed by atoms with Crippen molar-refractivity contribution in [3.05, 3.63) is 65.5 Å². The second-order valence-corrected chi connectivity index (χ2v) is 7.82. The van der Waals surface area contributed by atoms with Crippen LogP contribution in [0.2, 0.25) is 0 Å². The van der Waals surface area contributed by atoms with Gasteiger partial charge in [0.25, 0.3) is 0 Å². The van der Waals surface area contributed by atoms with Crippen LogP contribution < -0.4 is 5.32 Å². The summed E-state index contributed by atoms with van der Waals surface area (Å²) < 4.78 is 1.92. The highest BCUT2D eigenvalue weighted by molar-refractivity contribution is 7.99. The van der Waals surface area contributed by atoms with Gasteiger partial charge in [-0.05, 0) is 49.9 Å². The van der Waals surface area contributed by atoms with Gasteiger partial charge in [-0.25, -0.2) is 9.67 Å². The summed E-state index contributed by atoms with van der Waals surface area (Å²) in [6, 6.07) is 16.0. The number of rotatable bonds is 6. The van der Waals surface area contributed by atoms with Gasteiger partial charge in [-0.3, -0.25) is 4.79 Å². The largest absolute Gasteiger partial charge is 0.325 e. The highest BCUT2D eigenvalue weighted by Gasteiger charge is 2.30. The van der Waals surface area contributed by atoms with Crippen molar-refractivity contribution >= 4 is 23.4 Å². The zero-order valence-electron chi connectivity index (χ0n) is 15.5. The number of aromatic nitrogens is 3. The Morgan fingerprint density at radius 3 is 2.48 bits per heavy atom. The average Bonchev–Trinajstić information content (AvgIpc) is 3.43. The van der Waals surface area contributed by atoms with Crippen molar-refractivity contribution in [1.29, 1.82) is 0 Å². The molecular weight excluding hydrogens is 356 g/mol. The first-order valence-electron chi connectivity index (χ1n) is 9.13. The lowest BCUT2D eigenvalue weighted by Crippen LogP contribution is -2.15. The molecule has 0 bridgehead atoms. The normalized spacial score (nSPS) is 13.6. The van der Waals surface area contributed by atoms with E-state index in [0.29, 0.717) is 11.1 Å². The number of hydrogen-bond donors (Lipinski definition) is 1. The Bertz CT molecular complexity index is 943. The zero-order chi connectivity index (χ0) is 18.8. The van der Waals surface area contributed by atoms with Gasteiger partial charge in [-0.15, -0.1) is 5.10 Å². The minimum atomic E-state index is -0.0403. The number of carbonyl (C=O) groups excluding carboxylic acids is 1. The highest BCUT2D eigenvalue weighted by atomic mass is 32.2. The van der Waals surface area contributed by atoms with Crippen LogP contribution in [0.4, 0.5) is 5.69 Å². The fourth-order valence-electron chi connectivity index (χ4n) is 3.05. The second-order valence-electron chi connectivity index (χ2n) is 6.88. The molecule has 4 rings (SSSR count). The van der Waals surface area contributed by atoms with E-state index in [2.05, 4.69) is 10.4 Å². The van der Waals surface area contributed by atoms with Crippen LogP contribution in [0.3, 0.4) is 0 Å². The molecule has 1 saturated carbocycles. The monoisotopic (exact) mass is 378 g/mol. The molecule has 0 atom stereocenters. The fraction of sp³-hybridized carbons (Fsp3) is 0.286. The summed E-state index contributed by atoms with van der Waals surface area (Å²) in [5, 5.41) is 8.31. The predicted octanol–water partition coefficient (Wildman–Crippen LogP) is 4.49. The Labute approximate surface area is 163 Å². The van der Waals surface area contributed by atoms with Crippen molar-refractivity contribution in [2.24, 2.45) is 0 Å². The van der Waals surface area contributed by atoms with Crippen LogP contribution in [0.15, 0.2) is 53.7 Å². The number of para-hydroxylation sites is 2. The maximum absolute atomic E-state index is 12.4. The van der Waals surface area contributed by atoms with E-state index in [-0.39, 0.29) is 11.7 Å². The van der Waals surface area contributed by atoms with Gasteiger partial charge < -0.3 is 5.32 Å². The first-order valence-corrected chi connectivity index (χ1v) is 10.1. The molecule has 1 N–H and O–H groups in total. The number of nitrogens with one attached hydrogen (secondary N) is 1. The fourth-order valence-corrected chi connectivity index (χ4v) is 3.68. The van der Waals surface area contributed by atoms with E-state index in [9.17, 15) is 4.79 Å². The van der Waals surface area contributed by atoms with Gasteiger partial charge in [0.2, 0.25) is 11.1 Å². The summed E-state index contributed by atoms with van der Waals surface area (Å²) in [5.74, 6) is 1.73. The molecule has 0 radical (unpaired) electrons. The van der Waals surface area contributed by atoms with Crippen LogP contribution in [-0.4, -0.2) is 26.4 Å². The quantitative estimate of drug-likeness (QED) is 0.642. The third-order valence-electron chi connectivity index (χ3n) is 4.63. The number of aryl methyl sites for hydroxylation is 2. The Morgan fingerprint density at radius 2 is 1.81 bits per heavy atom. The first kappa shape index (κ1) is 17.8. The lowest BCUT2D eigenvalue weighted by atomic mass is 10.1. The standard InChI is InChI=1S/C21H22N4OS/c1-14-7-6-8-15(2)19(14)22-18(26)13-27-21-23-20(16-11-12-16)25(24-21)17-9-4-3-5-10-17/h3-10,16H,11-13H2,1-2H3,(H,22,26). The molecule has 0 aliphatic heterocycles. The molecule has 5 nitrogen and oxygen atoms in total. The smallest absolute Gasteiger partial charge is 0.234 e. The third kappa shape index (κ3) is 4.06. The highest BCUT2D eigenvalue weighted by Crippen LogP contribution is 2.40. The third-order valence-corrected chi connectivity index (χ3v) is 5.47. The van der Waals surface area contributed by atoms with E-state index in [4.69, 9.17) is 4.98 Å². The second kappa shape index (κ2) is 7.56. The Morgan fingerprint density at radius 1 is 1.11 bits per heavy atom. The maximum Gasteiger partial charge on any atom is 0.234 e. The molecule has 27 heavy (non-hydrogen) atoms. The summed E-state index contributed by atoms with van der Waals surface area (Å²) in [7, 11) is 0. The number of nitrogens with zero attached hydrogens (tertiary/aromatic N) is 3. The van der Waals surface area contributed by atoms with E-state index in [1.165, 1.54) is 11.8 Å². The van der Waals surface area contributed by atoms with Crippen molar-refractivity contribution in [3.8, 4) is 5.69 Å². The molecule has 0 spiro atoms. The van der Waals surface area contributed by atoms with Crippen molar-refractivity contribution in [2.45, 2.75) is 37.8 Å². The van der Waals surface area contributed by atoms with Crippen LogP contribution in [0.1, 0.15) is 35.7 Å². The Kier molecular flexibility index (Phi) is 4.99. The van der Waals surface area contributed by atoms with E-state index in [0.717, 1.165) is 41.2 Å². The molecular formula is C21H22N4OS. The molecule has 1 aromatic heterocycles. The minimum absolute atomic E-state index is 0.0403. The average molecular weight is 379 g/mol. The first-order chi connectivity index (χ1) is 13.1. The molecule has 6 heteroatoms. The van der Waals surface area contributed by atoms with Gasteiger partial charge in [0.05, 0.1) is 11.4 Å². The maximum atomic E-state index is 12.4. The summed E-state index contributed by atoms with van der Waals surface area (Å²) in [4.78, 5) is 17.1. The topological polar surface area (TPSA) is 59.8 Å². The summed E-state index contributed by atoms with van der Waals surface area (Å²) in [5.41, 5.74) is 4.04. The Hall–Kier alpha value is -2.60. The van der Waals surface area contributed by atoms with Crippen LogP contribution in [0, 0.1) is 13.8 Å². The number of amides is 1. The molecule has 2 aromatic carbocycles. The van der Waals surface area contributed by atoms with Crippen molar-refractivity contribution < 1.29 is 4.79 Å². The molecule has 0 unspecified atom stereocenters. The van der Waals surface area contributed by atoms with E-state index >= 15 is 0 Å². The molecule has 138 valence electrons. The van der Waals surface area contributed by atoms with E-state index in [1.54, 1.807) is 0 Å². The summed E-state index contributed by atoms with van der Waals surface area (Å²) in [6.07, 6.45) is 2.31. The van der Waals surface area contributed by atoms with Gasteiger partial charge in [0, 0.05) is 11.6 Å². The number of anilines is 1. The number of thioether (sulfide) groups is 1. The molecule has 3 aromatic rings. The van der Waals surface area contributed by atoms with Crippen LogP contribution >= 0.6 is 11.8 Å². The summed E-state index contributed by atoms with van der Waals surface area (Å²) in [6.45, 7) is 4.00. The number of benzene rings is 2. The van der Waals surface area contributed by atoms with Crippen LogP contribution in [0.5, 0.6) is 0 Å². The van der Waals surface area contributed by atoms with Gasteiger partial charge in [0.1, 0.15) is 5.82 Å². The van der Waals surface area contributed by atoms with Crippen molar-refractivity contribution in [2.75, 3.05) is 11.1 Å². The van der Waals surface area contributed by atoms with Gasteiger partial charge in [-0.1, -0.05) is 48.2 Å². The lowest BCUT2D eigenvalue weighted by Gasteiger charge is -2.10. The summed E-state index contributed by atoms with van der Waals surface area (Å²) >= 11 is 1.38. The predicted molar refractivity (Wildman–Crippen MR) is 109 cm³/mol. The van der Waals surface area contributed by atoms with Crippen molar-refractivity contribution in [3.63, 3.8) is 0 Å². The van der Waals surface area contributed by atoms with E-state index in [1.807, 2.05) is 67.1 Å². The van der Waals surface area contributed by atoms with Gasteiger partial charge in [0.15, 0.2) is 0 Å². The van der Waals surface area contributed by atoms with Gasteiger partial charge in [-0.2, -0.15) is 0 Å². The molecule has 1 amide bonds. The zero-order valence-corrected chi connectivity index (χ0v) is 16.3. The minimum Gasteiger partial charge on any atom is -0.325 e. The molecule has 1 heterocycles. The van der Waals surface area contributed by atoms with Crippen molar-refractivity contribution in [1.82, 2.24) is 14.8 Å². The Balaban J connectivity index is 1.46. The van der Waals surface area contributed by atoms with E-state index < -0.39 is 0 Å². The van der Waals surface area contributed by atoms with Crippen LogP contribution in [0.25, 0.3) is 5.69 Å². The SMILES string of the molecule is Cc1cccc(C)c1NC(=O)CSc1nc(C2CC2)n(-c2ccccc2)n1.